The number of hydrogen-bond acceptors (Lipinski definition) is 2. The highest BCUT2D eigenvalue weighted by Crippen LogP contribution is 2.31. The fourth-order valence-electron chi connectivity index (χ4n) is 2.48. The van der Waals surface area contributed by atoms with Gasteiger partial charge in [0.15, 0.2) is 17.5 Å². The predicted molar refractivity (Wildman–Crippen MR) is 78.8 cm³/mol. The second-order valence-electron chi connectivity index (χ2n) is 5.10. The Kier molecular flexibility index (Phi) is 3.62. The van der Waals surface area contributed by atoms with E-state index in [0.717, 1.165) is 11.6 Å². The highest BCUT2D eigenvalue weighted by atomic mass is 19.2. The van der Waals surface area contributed by atoms with Crippen molar-refractivity contribution in [2.75, 3.05) is 6.54 Å². The molecule has 0 aliphatic carbocycles. The van der Waals surface area contributed by atoms with Crippen molar-refractivity contribution < 1.29 is 13.2 Å². The Hall–Kier alpha value is -2.34. The summed E-state index contributed by atoms with van der Waals surface area (Å²) in [7, 11) is 0. The Labute approximate surface area is 125 Å². The molecule has 114 valence electrons. The second kappa shape index (κ2) is 5.46. The van der Waals surface area contributed by atoms with E-state index in [2.05, 4.69) is 4.98 Å². The molecule has 3 rings (SSSR count). The van der Waals surface area contributed by atoms with Crippen molar-refractivity contribution in [3.63, 3.8) is 0 Å². The summed E-state index contributed by atoms with van der Waals surface area (Å²) in [6.45, 7) is 2.16. The number of halogens is 3. The van der Waals surface area contributed by atoms with Gasteiger partial charge < -0.3 is 10.3 Å². The monoisotopic (exact) mass is 305 g/mol. The van der Waals surface area contributed by atoms with Crippen LogP contribution in [0.4, 0.5) is 13.2 Å². The summed E-state index contributed by atoms with van der Waals surface area (Å²) in [5.41, 5.74) is 7.03. The molecule has 3 aromatic rings. The summed E-state index contributed by atoms with van der Waals surface area (Å²) >= 11 is 0. The minimum absolute atomic E-state index is 0.0876. The van der Waals surface area contributed by atoms with Gasteiger partial charge in [0.05, 0.1) is 16.6 Å². The number of nitrogens with zero attached hydrogens (tertiary/aromatic N) is 2. The minimum atomic E-state index is -1.50. The first-order valence-corrected chi connectivity index (χ1v) is 6.85. The van der Waals surface area contributed by atoms with Crippen LogP contribution in [0.1, 0.15) is 13.0 Å². The molecule has 0 bridgehead atoms. The maximum atomic E-state index is 14.1. The summed E-state index contributed by atoms with van der Waals surface area (Å²) in [5, 5.41) is 0. The van der Waals surface area contributed by atoms with Crippen molar-refractivity contribution in [1.29, 1.82) is 0 Å². The highest BCUT2D eigenvalue weighted by Gasteiger charge is 2.22. The van der Waals surface area contributed by atoms with Crippen LogP contribution in [-0.2, 0) is 0 Å². The van der Waals surface area contributed by atoms with Crippen molar-refractivity contribution in [2.45, 2.75) is 13.0 Å². The number of hydrogen-bond donors (Lipinski definition) is 1. The van der Waals surface area contributed by atoms with Crippen molar-refractivity contribution >= 4 is 11.0 Å². The van der Waals surface area contributed by atoms with Gasteiger partial charge in [0.25, 0.3) is 0 Å². The van der Waals surface area contributed by atoms with Crippen molar-refractivity contribution in [1.82, 2.24) is 9.55 Å². The number of aromatic nitrogens is 2. The van der Waals surface area contributed by atoms with Gasteiger partial charge in [-0.1, -0.05) is 12.1 Å². The first-order valence-electron chi connectivity index (χ1n) is 6.85. The number of benzene rings is 2. The van der Waals surface area contributed by atoms with Gasteiger partial charge in [-0.15, -0.1) is 0 Å². The Balaban J connectivity index is 2.33. The molecule has 6 heteroatoms. The fourth-order valence-corrected chi connectivity index (χ4v) is 2.48. The molecule has 0 radical (unpaired) electrons. The van der Waals surface area contributed by atoms with Crippen molar-refractivity contribution in [3.05, 3.63) is 53.8 Å². The largest absolute Gasteiger partial charge is 0.328 e. The minimum Gasteiger partial charge on any atom is -0.328 e. The van der Waals surface area contributed by atoms with E-state index in [1.807, 2.05) is 19.1 Å². The van der Waals surface area contributed by atoms with Crippen LogP contribution >= 0.6 is 0 Å². The smallest absolute Gasteiger partial charge is 0.195 e. The predicted octanol–water partition coefficient (Wildman–Crippen LogP) is 3.64. The lowest BCUT2D eigenvalue weighted by Crippen LogP contribution is -2.17. The van der Waals surface area contributed by atoms with E-state index in [9.17, 15) is 13.2 Å². The SMILES string of the molecule is CC(CN)n1c(-c2ccc(F)c(F)c2F)nc2ccccc21. The lowest BCUT2D eigenvalue weighted by Gasteiger charge is -2.16. The first-order chi connectivity index (χ1) is 10.5. The Morgan fingerprint density at radius 2 is 1.82 bits per heavy atom. The van der Waals surface area contributed by atoms with Gasteiger partial charge in [0, 0.05) is 12.6 Å². The quantitative estimate of drug-likeness (QED) is 0.751. The van der Waals surface area contributed by atoms with Crippen LogP contribution in [0, 0.1) is 17.5 Å². The lowest BCUT2D eigenvalue weighted by atomic mass is 10.1. The summed E-state index contributed by atoms with van der Waals surface area (Å²) in [4.78, 5) is 4.36. The third kappa shape index (κ3) is 2.16. The van der Waals surface area contributed by atoms with Crippen LogP contribution in [0.25, 0.3) is 22.4 Å². The zero-order valence-electron chi connectivity index (χ0n) is 11.9. The molecule has 0 saturated carbocycles. The Morgan fingerprint density at radius 3 is 2.55 bits per heavy atom. The number of para-hydroxylation sites is 2. The molecule has 0 amide bonds. The van der Waals surface area contributed by atoms with Crippen LogP contribution in [0.3, 0.4) is 0 Å². The van der Waals surface area contributed by atoms with Crippen molar-refractivity contribution in [2.24, 2.45) is 5.73 Å². The molecule has 2 aromatic carbocycles. The van der Waals surface area contributed by atoms with Gasteiger partial charge in [-0.2, -0.15) is 0 Å². The summed E-state index contributed by atoms with van der Waals surface area (Å²) in [5.74, 6) is -3.75. The zero-order valence-corrected chi connectivity index (χ0v) is 11.9. The molecule has 0 saturated heterocycles. The van der Waals surface area contributed by atoms with E-state index in [1.54, 1.807) is 16.7 Å². The Bertz CT molecular complexity index is 842. The fraction of sp³-hybridized carbons (Fsp3) is 0.188. The van der Waals surface area contributed by atoms with E-state index < -0.39 is 17.5 Å². The van der Waals surface area contributed by atoms with E-state index in [0.29, 0.717) is 12.1 Å². The van der Waals surface area contributed by atoms with Crippen LogP contribution < -0.4 is 5.73 Å². The molecule has 1 atom stereocenters. The summed E-state index contributed by atoms with van der Waals surface area (Å²) < 4.78 is 42.5. The maximum absolute atomic E-state index is 14.1. The molecular weight excluding hydrogens is 291 g/mol. The number of imidazole rings is 1. The standard InChI is InChI=1S/C16H14F3N3/c1-9(8-20)22-13-5-3-2-4-12(13)21-16(22)10-6-7-11(17)15(19)14(10)18/h2-7,9H,8,20H2,1H3. The number of fused-ring (bicyclic) bond motifs is 1. The summed E-state index contributed by atoms with van der Waals surface area (Å²) in [6.07, 6.45) is 0. The van der Waals surface area contributed by atoms with E-state index in [4.69, 9.17) is 5.73 Å². The topological polar surface area (TPSA) is 43.8 Å². The van der Waals surface area contributed by atoms with Crippen LogP contribution in [0.2, 0.25) is 0 Å². The molecule has 0 aliphatic rings. The number of rotatable bonds is 3. The van der Waals surface area contributed by atoms with Gasteiger partial charge in [-0.25, -0.2) is 18.2 Å². The first kappa shape index (κ1) is 14.6. The molecule has 1 heterocycles. The Morgan fingerprint density at radius 1 is 1.09 bits per heavy atom. The third-order valence-electron chi connectivity index (χ3n) is 3.65. The molecule has 2 N–H and O–H groups in total. The molecule has 0 aliphatic heterocycles. The molecular formula is C16H14F3N3. The van der Waals surface area contributed by atoms with Gasteiger partial charge in [0.1, 0.15) is 5.82 Å². The van der Waals surface area contributed by atoms with Gasteiger partial charge in [-0.3, -0.25) is 0 Å². The molecule has 0 spiro atoms. The molecule has 3 nitrogen and oxygen atoms in total. The van der Waals surface area contributed by atoms with Gasteiger partial charge in [0.2, 0.25) is 0 Å². The van der Waals surface area contributed by atoms with Gasteiger partial charge in [-0.05, 0) is 31.2 Å². The molecule has 1 unspecified atom stereocenters. The van der Waals surface area contributed by atoms with E-state index >= 15 is 0 Å². The number of nitrogens with two attached hydrogens (primary N) is 1. The zero-order chi connectivity index (χ0) is 15.9. The van der Waals surface area contributed by atoms with E-state index in [1.165, 1.54) is 6.07 Å². The molecule has 1 aromatic heterocycles. The average Bonchev–Trinajstić information content (AvgIpc) is 2.91. The lowest BCUT2D eigenvalue weighted by molar-refractivity contribution is 0.448. The molecule has 0 fully saturated rings. The average molecular weight is 305 g/mol. The summed E-state index contributed by atoms with van der Waals surface area (Å²) in [6, 6.07) is 9.15. The normalized spacial score (nSPS) is 12.8. The molecule has 22 heavy (non-hydrogen) atoms. The third-order valence-corrected chi connectivity index (χ3v) is 3.65. The highest BCUT2D eigenvalue weighted by molar-refractivity contribution is 5.81. The van der Waals surface area contributed by atoms with Gasteiger partial charge >= 0.3 is 0 Å². The maximum Gasteiger partial charge on any atom is 0.195 e. The van der Waals surface area contributed by atoms with Crippen molar-refractivity contribution in [3.8, 4) is 11.4 Å². The van der Waals surface area contributed by atoms with Crippen LogP contribution in [0.15, 0.2) is 36.4 Å². The van der Waals surface area contributed by atoms with Crippen LogP contribution in [-0.4, -0.2) is 16.1 Å². The van der Waals surface area contributed by atoms with Crippen LogP contribution in [0.5, 0.6) is 0 Å². The van der Waals surface area contributed by atoms with E-state index in [-0.39, 0.29) is 17.4 Å². The second-order valence-corrected chi connectivity index (χ2v) is 5.10.